The Morgan fingerprint density at radius 2 is 1.97 bits per heavy atom. The van der Waals surface area contributed by atoms with Crippen LogP contribution in [0.25, 0.3) is 11.0 Å². The summed E-state index contributed by atoms with van der Waals surface area (Å²) in [6.07, 6.45) is 0. The molecule has 0 saturated carbocycles. The summed E-state index contributed by atoms with van der Waals surface area (Å²) >= 11 is 2.85. The highest BCUT2D eigenvalue weighted by molar-refractivity contribution is 7.99. The van der Waals surface area contributed by atoms with Gasteiger partial charge in [0.2, 0.25) is 5.91 Å². The van der Waals surface area contributed by atoms with E-state index in [1.165, 1.54) is 11.8 Å². The van der Waals surface area contributed by atoms with E-state index in [9.17, 15) is 9.59 Å². The molecule has 7 nitrogen and oxygen atoms in total. The average molecular weight is 454 g/mol. The third-order valence-corrected chi connectivity index (χ3v) is 6.68. The lowest BCUT2D eigenvalue weighted by atomic mass is 10.2. The number of amides is 1. The molecule has 0 bridgehead atoms. The first-order chi connectivity index (χ1) is 15.0. The topological polar surface area (TPSA) is 81.8 Å². The summed E-state index contributed by atoms with van der Waals surface area (Å²) in [6, 6.07) is 11.6. The summed E-state index contributed by atoms with van der Waals surface area (Å²) in [5, 5.41) is 9.85. The Balaban J connectivity index is 1.65. The predicted molar refractivity (Wildman–Crippen MR) is 126 cm³/mol. The Hall–Kier alpha value is -2.91. The highest BCUT2D eigenvalue weighted by Gasteiger charge is 2.19. The van der Waals surface area contributed by atoms with Gasteiger partial charge in [0, 0.05) is 17.1 Å². The number of hydrogen-bond acceptors (Lipinski definition) is 6. The molecule has 31 heavy (non-hydrogen) atoms. The molecule has 0 spiro atoms. The van der Waals surface area contributed by atoms with Crippen molar-refractivity contribution in [1.82, 2.24) is 19.3 Å². The predicted octanol–water partition coefficient (Wildman–Crippen LogP) is 4.07. The van der Waals surface area contributed by atoms with E-state index in [0.717, 1.165) is 16.1 Å². The zero-order valence-corrected chi connectivity index (χ0v) is 19.2. The van der Waals surface area contributed by atoms with Gasteiger partial charge in [0.25, 0.3) is 5.56 Å². The maximum Gasteiger partial charge on any atom is 0.280 e. The van der Waals surface area contributed by atoms with Crippen molar-refractivity contribution in [2.45, 2.75) is 39.0 Å². The summed E-state index contributed by atoms with van der Waals surface area (Å²) in [4.78, 5) is 31.7. The lowest BCUT2D eigenvalue weighted by Crippen LogP contribution is -2.26. The van der Waals surface area contributed by atoms with Gasteiger partial charge in [-0.2, -0.15) is 5.10 Å². The fourth-order valence-electron chi connectivity index (χ4n) is 3.29. The van der Waals surface area contributed by atoms with E-state index in [-0.39, 0.29) is 17.2 Å². The summed E-state index contributed by atoms with van der Waals surface area (Å²) in [6.45, 7) is 6.80. The average Bonchev–Trinajstić information content (AvgIpc) is 3.38. The molecule has 0 aliphatic carbocycles. The largest absolute Gasteiger partial charge is 0.325 e. The molecule has 3 aromatic heterocycles. The van der Waals surface area contributed by atoms with Crippen LogP contribution in [0.4, 0.5) is 5.69 Å². The minimum Gasteiger partial charge on any atom is -0.325 e. The zero-order chi connectivity index (χ0) is 22.0. The summed E-state index contributed by atoms with van der Waals surface area (Å²) in [7, 11) is 0. The first-order valence-corrected chi connectivity index (χ1v) is 11.8. The first-order valence-electron chi connectivity index (χ1n) is 9.96. The SMILES string of the molecule is CCn1nc(C)c2nc(SCC(=O)Nc3ccc(C)cc3)n(Cc3cccs3)c(=O)c21. The second-order valence-electron chi connectivity index (χ2n) is 7.17. The van der Waals surface area contributed by atoms with E-state index in [1.807, 2.05) is 62.5 Å². The van der Waals surface area contributed by atoms with Gasteiger partial charge in [-0.1, -0.05) is 35.5 Å². The minimum atomic E-state index is -0.146. The number of nitrogens with zero attached hydrogens (tertiary/aromatic N) is 4. The van der Waals surface area contributed by atoms with Crippen molar-refractivity contribution >= 4 is 45.7 Å². The fraction of sp³-hybridized carbons (Fsp3) is 0.273. The molecule has 4 rings (SSSR count). The number of aromatic nitrogens is 4. The smallest absolute Gasteiger partial charge is 0.280 e. The number of thioether (sulfide) groups is 1. The quantitative estimate of drug-likeness (QED) is 0.337. The molecule has 1 N–H and O–H groups in total. The lowest BCUT2D eigenvalue weighted by Gasteiger charge is -2.12. The Bertz CT molecular complexity index is 1270. The van der Waals surface area contributed by atoms with Crippen molar-refractivity contribution < 1.29 is 4.79 Å². The molecule has 160 valence electrons. The monoisotopic (exact) mass is 453 g/mol. The van der Waals surface area contributed by atoms with Gasteiger partial charge < -0.3 is 5.32 Å². The van der Waals surface area contributed by atoms with Crippen LogP contribution in [-0.4, -0.2) is 31.0 Å². The van der Waals surface area contributed by atoms with E-state index in [4.69, 9.17) is 4.98 Å². The van der Waals surface area contributed by atoms with Crippen LogP contribution >= 0.6 is 23.1 Å². The van der Waals surface area contributed by atoms with Crippen molar-refractivity contribution in [2.24, 2.45) is 0 Å². The van der Waals surface area contributed by atoms with E-state index >= 15 is 0 Å². The molecular weight excluding hydrogens is 430 g/mol. The summed E-state index contributed by atoms with van der Waals surface area (Å²) in [5.41, 5.74) is 3.55. The van der Waals surface area contributed by atoms with Gasteiger partial charge >= 0.3 is 0 Å². The zero-order valence-electron chi connectivity index (χ0n) is 17.6. The van der Waals surface area contributed by atoms with Crippen molar-refractivity contribution in [3.05, 3.63) is 68.3 Å². The van der Waals surface area contributed by atoms with Gasteiger partial charge in [0.05, 0.1) is 18.0 Å². The van der Waals surface area contributed by atoms with Crippen molar-refractivity contribution in [3.63, 3.8) is 0 Å². The number of hydrogen-bond donors (Lipinski definition) is 1. The van der Waals surface area contributed by atoms with Crippen LogP contribution in [0.2, 0.25) is 0 Å². The Labute approximate surface area is 188 Å². The van der Waals surface area contributed by atoms with E-state index < -0.39 is 0 Å². The van der Waals surface area contributed by atoms with Crippen molar-refractivity contribution in [3.8, 4) is 0 Å². The molecule has 0 aliphatic rings. The van der Waals surface area contributed by atoms with Crippen LogP contribution in [-0.2, 0) is 17.9 Å². The minimum absolute atomic E-state index is 0.137. The molecule has 0 atom stereocenters. The van der Waals surface area contributed by atoms with E-state index in [1.54, 1.807) is 20.6 Å². The number of thiophene rings is 1. The molecular formula is C22H23N5O2S2. The highest BCUT2D eigenvalue weighted by Crippen LogP contribution is 2.22. The Morgan fingerprint density at radius 3 is 2.65 bits per heavy atom. The number of benzene rings is 1. The van der Waals surface area contributed by atoms with Gasteiger partial charge in [-0.05, 0) is 44.4 Å². The molecule has 3 heterocycles. The summed E-state index contributed by atoms with van der Waals surface area (Å²) < 4.78 is 3.34. The van der Waals surface area contributed by atoms with Crippen LogP contribution in [0.3, 0.4) is 0 Å². The lowest BCUT2D eigenvalue weighted by molar-refractivity contribution is -0.113. The molecule has 0 saturated heterocycles. The van der Waals surface area contributed by atoms with Crippen molar-refractivity contribution in [1.29, 1.82) is 0 Å². The molecule has 0 radical (unpaired) electrons. The van der Waals surface area contributed by atoms with E-state index in [2.05, 4.69) is 10.4 Å². The molecule has 0 unspecified atom stereocenters. The van der Waals surface area contributed by atoms with Gasteiger partial charge in [-0.25, -0.2) is 4.98 Å². The van der Waals surface area contributed by atoms with Gasteiger partial charge in [-0.15, -0.1) is 11.3 Å². The molecule has 1 aromatic carbocycles. The molecule has 0 fully saturated rings. The third-order valence-electron chi connectivity index (χ3n) is 4.84. The number of carbonyl (C=O) groups is 1. The Morgan fingerprint density at radius 1 is 1.19 bits per heavy atom. The maximum atomic E-state index is 13.4. The van der Waals surface area contributed by atoms with Gasteiger partial charge in [-0.3, -0.25) is 18.8 Å². The number of fused-ring (bicyclic) bond motifs is 1. The fourth-order valence-corrected chi connectivity index (χ4v) is 4.77. The standard InChI is InChI=1S/C22H23N5O2S2/c1-4-27-20-19(15(3)25-27)24-22(26(21(20)29)12-17-6-5-11-30-17)31-13-18(28)23-16-9-7-14(2)8-10-16/h5-11H,4,12-13H2,1-3H3,(H,23,28). The molecule has 1 amide bonds. The number of carbonyl (C=O) groups excluding carboxylic acids is 1. The van der Waals surface area contributed by atoms with Gasteiger partial charge in [0.1, 0.15) is 5.52 Å². The molecule has 4 aromatic rings. The second kappa shape index (κ2) is 9.07. The number of nitrogens with one attached hydrogen (secondary N) is 1. The van der Waals surface area contributed by atoms with Crippen LogP contribution in [0.15, 0.2) is 51.7 Å². The Kier molecular flexibility index (Phi) is 6.24. The van der Waals surface area contributed by atoms with Crippen LogP contribution in [0.5, 0.6) is 0 Å². The number of anilines is 1. The summed E-state index contributed by atoms with van der Waals surface area (Å²) in [5.74, 6) is 0.00359. The first kappa shape index (κ1) is 21.3. The van der Waals surface area contributed by atoms with E-state index in [0.29, 0.717) is 35.0 Å². The van der Waals surface area contributed by atoms with Crippen LogP contribution in [0.1, 0.15) is 23.1 Å². The highest BCUT2D eigenvalue weighted by atomic mass is 32.2. The van der Waals surface area contributed by atoms with Crippen LogP contribution in [0, 0.1) is 13.8 Å². The second-order valence-corrected chi connectivity index (χ2v) is 9.14. The van der Waals surface area contributed by atoms with Gasteiger partial charge in [0.15, 0.2) is 10.7 Å². The number of aryl methyl sites for hydroxylation is 3. The maximum absolute atomic E-state index is 13.4. The third kappa shape index (κ3) is 4.57. The normalized spacial score (nSPS) is 11.2. The number of rotatable bonds is 7. The molecule has 0 aliphatic heterocycles. The van der Waals surface area contributed by atoms with Crippen LogP contribution < -0.4 is 10.9 Å². The van der Waals surface area contributed by atoms with Crippen molar-refractivity contribution in [2.75, 3.05) is 11.1 Å². The molecule has 9 heteroatoms.